The monoisotopic (exact) mass is 594 g/mol. The van der Waals surface area contributed by atoms with Crippen molar-refractivity contribution < 1.29 is 9.21 Å². The van der Waals surface area contributed by atoms with E-state index in [1.165, 1.54) is 5.39 Å². The van der Waals surface area contributed by atoms with Crippen molar-refractivity contribution in [3.05, 3.63) is 143 Å². The molecule has 1 aromatic heterocycles. The van der Waals surface area contributed by atoms with Crippen LogP contribution >= 0.6 is 15.9 Å². The number of amides is 1. The Morgan fingerprint density at radius 1 is 0.634 bits per heavy atom. The smallest absolute Gasteiger partial charge is 0.255 e. The van der Waals surface area contributed by atoms with Gasteiger partial charge in [-0.05, 0) is 76.5 Å². The molecule has 1 heterocycles. The summed E-state index contributed by atoms with van der Waals surface area (Å²) >= 11 is 3.45. The summed E-state index contributed by atoms with van der Waals surface area (Å²) in [6.07, 6.45) is 0. The second kappa shape index (κ2) is 10.5. The molecule has 41 heavy (non-hydrogen) atoms. The number of carbonyl (C=O) groups is 1. The van der Waals surface area contributed by atoms with Crippen molar-refractivity contribution in [2.45, 2.75) is 0 Å². The van der Waals surface area contributed by atoms with Crippen LogP contribution in [0.5, 0.6) is 0 Å². The van der Waals surface area contributed by atoms with Crippen molar-refractivity contribution in [1.82, 2.24) is 4.98 Å². The van der Waals surface area contributed by atoms with Gasteiger partial charge < -0.3 is 9.73 Å². The average molecular weight is 595 g/mol. The van der Waals surface area contributed by atoms with Gasteiger partial charge in [0.25, 0.3) is 5.91 Å². The molecule has 0 fully saturated rings. The third-order valence-electron chi connectivity index (χ3n) is 7.19. The lowest BCUT2D eigenvalue weighted by molar-refractivity contribution is 0.102. The van der Waals surface area contributed by atoms with Crippen LogP contribution in [0.3, 0.4) is 0 Å². The molecule has 0 aliphatic heterocycles. The van der Waals surface area contributed by atoms with E-state index in [1.54, 1.807) is 12.1 Å². The van der Waals surface area contributed by atoms with E-state index in [1.807, 2.05) is 84.9 Å². The molecular formula is C36H23BrN2O2. The topological polar surface area (TPSA) is 55.1 Å². The third-order valence-corrected chi connectivity index (χ3v) is 7.72. The summed E-state index contributed by atoms with van der Waals surface area (Å²) in [5, 5.41) is 5.53. The van der Waals surface area contributed by atoms with Gasteiger partial charge in [-0.2, -0.15) is 0 Å². The maximum atomic E-state index is 13.4. The number of benzene rings is 6. The largest absolute Gasteiger partial charge is 0.436 e. The molecule has 0 aliphatic carbocycles. The molecule has 0 bridgehead atoms. The van der Waals surface area contributed by atoms with Gasteiger partial charge in [0.05, 0.1) is 0 Å². The van der Waals surface area contributed by atoms with Gasteiger partial charge in [0.15, 0.2) is 5.58 Å². The van der Waals surface area contributed by atoms with Crippen molar-refractivity contribution in [2.75, 3.05) is 5.32 Å². The minimum absolute atomic E-state index is 0.188. The Kier molecular flexibility index (Phi) is 6.42. The fourth-order valence-electron chi connectivity index (χ4n) is 5.10. The van der Waals surface area contributed by atoms with Crippen LogP contribution in [0.4, 0.5) is 5.69 Å². The molecule has 0 aliphatic rings. The number of oxazole rings is 1. The number of nitrogens with zero attached hydrogens (tertiary/aromatic N) is 1. The molecule has 0 saturated carbocycles. The zero-order valence-corrected chi connectivity index (χ0v) is 23.4. The number of anilines is 1. The number of carbonyl (C=O) groups excluding carboxylic acids is 1. The first-order valence-corrected chi connectivity index (χ1v) is 14.1. The second-order valence-electron chi connectivity index (χ2n) is 9.82. The van der Waals surface area contributed by atoms with E-state index in [2.05, 4.69) is 57.6 Å². The van der Waals surface area contributed by atoms with Crippen LogP contribution in [0.1, 0.15) is 10.4 Å². The van der Waals surface area contributed by atoms with E-state index in [4.69, 9.17) is 9.40 Å². The molecule has 7 aromatic rings. The fraction of sp³-hybridized carbons (Fsp3) is 0. The Bertz CT molecular complexity index is 2050. The average Bonchev–Trinajstić information content (AvgIpc) is 3.47. The van der Waals surface area contributed by atoms with Gasteiger partial charge in [-0.1, -0.05) is 94.8 Å². The van der Waals surface area contributed by atoms with E-state index in [0.717, 1.165) is 43.2 Å². The summed E-state index contributed by atoms with van der Waals surface area (Å²) in [7, 11) is 0. The van der Waals surface area contributed by atoms with Gasteiger partial charge in [0, 0.05) is 32.4 Å². The van der Waals surface area contributed by atoms with Crippen molar-refractivity contribution in [3.63, 3.8) is 0 Å². The molecule has 0 atom stereocenters. The van der Waals surface area contributed by atoms with Crippen molar-refractivity contribution >= 4 is 49.4 Å². The van der Waals surface area contributed by atoms with Crippen molar-refractivity contribution in [2.24, 2.45) is 0 Å². The Labute approximate surface area is 245 Å². The van der Waals surface area contributed by atoms with Gasteiger partial charge >= 0.3 is 0 Å². The number of hydrogen-bond acceptors (Lipinski definition) is 3. The Balaban J connectivity index is 1.36. The first-order chi connectivity index (χ1) is 20.1. The Morgan fingerprint density at radius 2 is 1.37 bits per heavy atom. The lowest BCUT2D eigenvalue weighted by Gasteiger charge is -2.15. The molecule has 196 valence electrons. The minimum atomic E-state index is -0.188. The Hall–Kier alpha value is -5.00. The van der Waals surface area contributed by atoms with Gasteiger partial charge in [-0.3, -0.25) is 4.79 Å². The van der Waals surface area contributed by atoms with Crippen LogP contribution in [-0.2, 0) is 0 Å². The fourth-order valence-corrected chi connectivity index (χ4v) is 5.36. The van der Waals surface area contributed by atoms with E-state index >= 15 is 0 Å². The third kappa shape index (κ3) is 4.92. The van der Waals surface area contributed by atoms with Crippen LogP contribution in [0, 0.1) is 0 Å². The van der Waals surface area contributed by atoms with E-state index in [9.17, 15) is 4.79 Å². The van der Waals surface area contributed by atoms with Crippen molar-refractivity contribution in [1.29, 1.82) is 0 Å². The highest BCUT2D eigenvalue weighted by atomic mass is 79.9. The quantitative estimate of drug-likeness (QED) is 0.216. The van der Waals surface area contributed by atoms with Crippen LogP contribution in [0.15, 0.2) is 142 Å². The molecule has 0 saturated heterocycles. The predicted octanol–water partition coefficient (Wildman–Crippen LogP) is 10.00. The summed E-state index contributed by atoms with van der Waals surface area (Å²) < 4.78 is 7.07. The van der Waals surface area contributed by atoms with Gasteiger partial charge in [-0.15, -0.1) is 0 Å². The summed E-state index contributed by atoms with van der Waals surface area (Å²) in [5.74, 6) is 0.369. The standard InChI is InChI=1S/C36H23BrN2O2/c37-29-18-15-24(16-19-29)35(40)38-32-22-28(27-14-13-23-7-4-5-10-26(23)21-27)17-20-30(32)31-11-6-12-33-34(31)39-36(41-33)25-8-2-1-3-9-25/h1-22H,(H,38,40). The van der Waals surface area contributed by atoms with E-state index < -0.39 is 0 Å². The first kappa shape index (κ1) is 25.0. The minimum Gasteiger partial charge on any atom is -0.436 e. The molecule has 1 N–H and O–H groups in total. The van der Waals surface area contributed by atoms with E-state index in [0.29, 0.717) is 22.7 Å². The zero-order chi connectivity index (χ0) is 27.8. The molecule has 4 nitrogen and oxygen atoms in total. The normalized spacial score (nSPS) is 11.1. The number of rotatable bonds is 5. The maximum Gasteiger partial charge on any atom is 0.255 e. The number of halogens is 1. The van der Waals surface area contributed by atoms with Gasteiger partial charge in [0.1, 0.15) is 5.52 Å². The first-order valence-electron chi connectivity index (χ1n) is 13.3. The lowest BCUT2D eigenvalue weighted by Crippen LogP contribution is -2.12. The van der Waals surface area contributed by atoms with Gasteiger partial charge in [-0.25, -0.2) is 4.98 Å². The van der Waals surface area contributed by atoms with Gasteiger partial charge in [0.2, 0.25) is 5.89 Å². The van der Waals surface area contributed by atoms with Crippen molar-refractivity contribution in [3.8, 4) is 33.7 Å². The molecule has 0 unspecified atom stereocenters. The molecule has 6 aromatic carbocycles. The van der Waals surface area contributed by atoms with Crippen LogP contribution in [0.25, 0.3) is 55.6 Å². The number of nitrogens with one attached hydrogen (secondary N) is 1. The van der Waals surface area contributed by atoms with Crippen LogP contribution < -0.4 is 5.32 Å². The number of aromatic nitrogens is 1. The summed E-state index contributed by atoms with van der Waals surface area (Å²) in [4.78, 5) is 18.3. The van der Waals surface area contributed by atoms with Crippen LogP contribution in [-0.4, -0.2) is 10.9 Å². The zero-order valence-electron chi connectivity index (χ0n) is 21.8. The number of para-hydroxylation sites is 1. The summed E-state index contributed by atoms with van der Waals surface area (Å²) in [5.41, 5.74) is 7.41. The predicted molar refractivity (Wildman–Crippen MR) is 170 cm³/mol. The lowest BCUT2D eigenvalue weighted by atomic mass is 9.96. The highest BCUT2D eigenvalue weighted by molar-refractivity contribution is 9.10. The molecule has 0 radical (unpaired) electrons. The Morgan fingerprint density at radius 3 is 2.20 bits per heavy atom. The SMILES string of the molecule is O=C(Nc1cc(-c2ccc3ccccc3c2)ccc1-c1cccc2oc(-c3ccccc3)nc12)c1ccc(Br)cc1. The highest BCUT2D eigenvalue weighted by Gasteiger charge is 2.18. The second-order valence-corrected chi connectivity index (χ2v) is 10.7. The maximum absolute atomic E-state index is 13.4. The molecule has 7 rings (SSSR count). The molecule has 1 amide bonds. The number of hydrogen-bond donors (Lipinski definition) is 1. The van der Waals surface area contributed by atoms with E-state index in [-0.39, 0.29) is 5.91 Å². The molecule has 0 spiro atoms. The molecule has 5 heteroatoms. The summed E-state index contributed by atoms with van der Waals surface area (Å²) in [6, 6.07) is 44.0. The van der Waals surface area contributed by atoms with Crippen LogP contribution in [0.2, 0.25) is 0 Å². The summed E-state index contributed by atoms with van der Waals surface area (Å²) in [6.45, 7) is 0. The highest BCUT2D eigenvalue weighted by Crippen LogP contribution is 2.38. The molecular weight excluding hydrogens is 572 g/mol. The number of fused-ring (bicyclic) bond motifs is 2.